The van der Waals surface area contributed by atoms with Crippen molar-refractivity contribution < 1.29 is 13.9 Å². The number of aromatic nitrogens is 4. The predicted octanol–water partition coefficient (Wildman–Crippen LogP) is 5.50. The number of hydrogen-bond donors (Lipinski definition) is 1. The third kappa shape index (κ3) is 5.47. The number of benzene rings is 2. The van der Waals surface area contributed by atoms with Crippen molar-refractivity contribution in [3.05, 3.63) is 40.8 Å². The van der Waals surface area contributed by atoms with E-state index in [1.165, 1.54) is 0 Å². The molecule has 2 aliphatic heterocycles. The normalized spacial score (nSPS) is 21.1. The highest BCUT2D eigenvalue weighted by Crippen LogP contribution is 2.43. The number of rotatable bonds is 7. The fourth-order valence-corrected chi connectivity index (χ4v) is 7.20. The largest absolute Gasteiger partial charge is 0.462 e. The van der Waals surface area contributed by atoms with Gasteiger partial charge in [0.25, 0.3) is 0 Å². The van der Waals surface area contributed by atoms with Gasteiger partial charge in [-0.2, -0.15) is 27.7 Å². The Hall–Kier alpha value is -3.15. The van der Waals surface area contributed by atoms with Gasteiger partial charge in [0.05, 0.1) is 16.7 Å². The lowest BCUT2D eigenvalue weighted by Crippen LogP contribution is -2.58. The molecule has 0 aliphatic carbocycles. The molecule has 3 atom stereocenters. The second-order valence-corrected chi connectivity index (χ2v) is 13.0. The molecule has 234 valence electrons. The minimum Gasteiger partial charge on any atom is -0.462 e. The molecule has 12 heteroatoms. The van der Waals surface area contributed by atoms with Crippen LogP contribution in [0.4, 0.5) is 10.2 Å². The van der Waals surface area contributed by atoms with Crippen LogP contribution < -0.4 is 9.64 Å². The zero-order valence-electron chi connectivity index (χ0n) is 25.8. The Labute approximate surface area is 267 Å². The number of halogens is 2. The number of anilines is 1. The standard InChI is InChI=1S/C32H39ClFN7O2S/c1-18-8-9-21-14-35-39(5)30(21)26(18)27-24(33)13-23-29(28(27)34)36-32(43-17-22-7-6-11-38(22)4)37-31(23)41-16-19(2)40(15-20(41)3)25(42)10-12-44/h8-9,13-14,19-20,22,44H,6-7,10-12,15-17H2,1-5H3/t19-,20+,22+/m1/s1. The van der Waals surface area contributed by atoms with Crippen molar-refractivity contribution in [1.29, 1.82) is 0 Å². The van der Waals surface area contributed by atoms with E-state index in [0.29, 0.717) is 48.6 Å². The van der Waals surface area contributed by atoms with Gasteiger partial charge in [0.1, 0.15) is 17.9 Å². The Morgan fingerprint density at radius 2 is 1.95 bits per heavy atom. The van der Waals surface area contributed by atoms with Gasteiger partial charge in [-0.05, 0) is 64.6 Å². The maximum atomic E-state index is 17.0. The molecule has 0 spiro atoms. The summed E-state index contributed by atoms with van der Waals surface area (Å²) in [5.41, 5.74) is 2.78. The summed E-state index contributed by atoms with van der Waals surface area (Å²) in [6.07, 6.45) is 4.28. The van der Waals surface area contributed by atoms with Crippen LogP contribution in [0.25, 0.3) is 32.9 Å². The summed E-state index contributed by atoms with van der Waals surface area (Å²) in [6.45, 7) is 8.47. The van der Waals surface area contributed by atoms with Crippen LogP contribution in [0.2, 0.25) is 5.02 Å². The van der Waals surface area contributed by atoms with Gasteiger partial charge >= 0.3 is 6.01 Å². The molecule has 44 heavy (non-hydrogen) atoms. The number of hydrogen-bond acceptors (Lipinski definition) is 8. The molecule has 2 aromatic heterocycles. The Morgan fingerprint density at radius 3 is 2.68 bits per heavy atom. The highest BCUT2D eigenvalue weighted by atomic mass is 35.5. The van der Waals surface area contributed by atoms with E-state index < -0.39 is 5.82 Å². The number of carbonyl (C=O) groups excluding carboxylic acids is 1. The number of amides is 1. The Bertz CT molecular complexity index is 1730. The Balaban J connectivity index is 1.50. The minimum atomic E-state index is -0.529. The lowest BCUT2D eigenvalue weighted by Gasteiger charge is -2.45. The molecule has 2 aromatic carbocycles. The summed E-state index contributed by atoms with van der Waals surface area (Å²) < 4.78 is 24.9. The summed E-state index contributed by atoms with van der Waals surface area (Å²) in [7, 11) is 3.92. The average Bonchev–Trinajstić information content (AvgIpc) is 3.58. The van der Waals surface area contributed by atoms with Crippen LogP contribution in [-0.2, 0) is 11.8 Å². The van der Waals surface area contributed by atoms with Gasteiger partial charge < -0.3 is 19.4 Å². The fourth-order valence-electron chi connectivity index (χ4n) is 6.72. The smallest absolute Gasteiger partial charge is 0.319 e. The van der Waals surface area contributed by atoms with Crippen molar-refractivity contribution in [2.24, 2.45) is 7.05 Å². The molecule has 2 fully saturated rings. The van der Waals surface area contributed by atoms with E-state index in [2.05, 4.69) is 39.6 Å². The van der Waals surface area contributed by atoms with Crippen LogP contribution in [0.15, 0.2) is 24.4 Å². The summed E-state index contributed by atoms with van der Waals surface area (Å²) in [5, 5.41) is 6.07. The quantitative estimate of drug-likeness (QED) is 0.268. The molecule has 4 heterocycles. The average molecular weight is 640 g/mol. The topological polar surface area (TPSA) is 79.6 Å². The third-order valence-electron chi connectivity index (χ3n) is 9.18. The van der Waals surface area contributed by atoms with Gasteiger partial charge in [0.2, 0.25) is 5.91 Å². The van der Waals surface area contributed by atoms with Crippen LogP contribution in [0.1, 0.15) is 38.7 Å². The molecule has 1 amide bonds. The Morgan fingerprint density at radius 1 is 1.16 bits per heavy atom. The van der Waals surface area contributed by atoms with Crippen LogP contribution in [-0.4, -0.2) is 92.6 Å². The van der Waals surface area contributed by atoms with Gasteiger partial charge in [-0.3, -0.25) is 9.48 Å². The molecule has 0 N–H and O–H groups in total. The van der Waals surface area contributed by atoms with Crippen LogP contribution in [0.3, 0.4) is 0 Å². The van der Waals surface area contributed by atoms with Crippen molar-refractivity contribution in [1.82, 2.24) is 29.5 Å². The molecule has 9 nitrogen and oxygen atoms in total. The monoisotopic (exact) mass is 639 g/mol. The van der Waals surface area contributed by atoms with E-state index in [-0.39, 0.29) is 46.1 Å². The molecule has 4 aromatic rings. The first kappa shape index (κ1) is 30.9. The van der Waals surface area contributed by atoms with E-state index >= 15 is 4.39 Å². The summed E-state index contributed by atoms with van der Waals surface area (Å²) in [4.78, 5) is 28.7. The first-order valence-corrected chi connectivity index (χ1v) is 16.2. The highest BCUT2D eigenvalue weighted by molar-refractivity contribution is 7.80. The molecule has 0 bridgehead atoms. The van der Waals surface area contributed by atoms with Gasteiger partial charge in [0, 0.05) is 66.6 Å². The van der Waals surface area contributed by atoms with E-state index in [1.54, 1.807) is 16.9 Å². The number of ether oxygens (including phenoxy) is 1. The van der Waals surface area contributed by atoms with E-state index in [9.17, 15) is 4.79 Å². The van der Waals surface area contributed by atoms with Gasteiger partial charge in [0.15, 0.2) is 5.82 Å². The predicted molar refractivity (Wildman–Crippen MR) is 177 cm³/mol. The summed E-state index contributed by atoms with van der Waals surface area (Å²) >= 11 is 11.2. The number of likely N-dealkylation sites (N-methyl/N-ethyl adjacent to an activating group) is 1. The molecule has 2 aliphatic rings. The minimum absolute atomic E-state index is 0.0784. The summed E-state index contributed by atoms with van der Waals surface area (Å²) in [5.74, 6) is 0.599. The van der Waals surface area contributed by atoms with E-state index in [1.807, 2.05) is 44.9 Å². The zero-order chi connectivity index (χ0) is 31.3. The number of aryl methyl sites for hydroxylation is 2. The molecule has 6 rings (SSSR count). The van der Waals surface area contributed by atoms with Crippen molar-refractivity contribution >= 4 is 57.8 Å². The lowest BCUT2D eigenvalue weighted by atomic mass is 9.96. The van der Waals surface area contributed by atoms with Crippen molar-refractivity contribution in [3.8, 4) is 17.1 Å². The number of carbonyl (C=O) groups is 1. The van der Waals surface area contributed by atoms with Gasteiger partial charge in [-0.1, -0.05) is 23.7 Å². The van der Waals surface area contributed by atoms with Crippen LogP contribution >= 0.6 is 24.2 Å². The lowest BCUT2D eigenvalue weighted by molar-refractivity contribution is -0.133. The van der Waals surface area contributed by atoms with Crippen LogP contribution in [0.5, 0.6) is 6.01 Å². The molecule has 0 unspecified atom stereocenters. The maximum absolute atomic E-state index is 17.0. The van der Waals surface area contributed by atoms with Crippen molar-refractivity contribution in [2.75, 3.05) is 43.9 Å². The first-order chi connectivity index (χ1) is 21.1. The first-order valence-electron chi connectivity index (χ1n) is 15.2. The van der Waals surface area contributed by atoms with E-state index in [4.69, 9.17) is 21.3 Å². The number of piperazine rings is 1. The summed E-state index contributed by atoms with van der Waals surface area (Å²) in [6, 6.07) is 5.90. The fraction of sp³-hybridized carbons (Fsp3) is 0.500. The maximum Gasteiger partial charge on any atom is 0.319 e. The number of likely N-dealkylation sites (tertiary alicyclic amines) is 1. The van der Waals surface area contributed by atoms with Crippen molar-refractivity contribution in [3.63, 3.8) is 0 Å². The van der Waals surface area contributed by atoms with Crippen molar-refractivity contribution in [2.45, 2.75) is 58.2 Å². The molecule has 2 saturated heterocycles. The van der Waals surface area contributed by atoms with E-state index in [0.717, 1.165) is 35.9 Å². The number of fused-ring (bicyclic) bond motifs is 2. The second-order valence-electron chi connectivity index (χ2n) is 12.2. The highest BCUT2D eigenvalue weighted by Gasteiger charge is 2.35. The number of thiol groups is 1. The zero-order valence-corrected chi connectivity index (χ0v) is 27.5. The molecule has 0 saturated carbocycles. The molecular formula is C32H39ClFN7O2S. The Kier molecular flexibility index (Phi) is 8.65. The molecular weight excluding hydrogens is 601 g/mol. The van der Waals surface area contributed by atoms with Crippen LogP contribution in [0, 0.1) is 12.7 Å². The number of nitrogens with zero attached hydrogens (tertiary/aromatic N) is 7. The van der Waals surface area contributed by atoms with Gasteiger partial charge in [-0.25, -0.2) is 4.39 Å². The SMILES string of the molecule is Cc1ccc2cnn(C)c2c1-c1c(Cl)cc2c(N3C[C@@H](C)N(C(=O)CCS)C[C@@H]3C)nc(OC[C@@H]3CCCN3C)nc2c1F. The second kappa shape index (κ2) is 12.3. The third-order valence-corrected chi connectivity index (χ3v) is 9.71. The molecule has 0 radical (unpaired) electrons. The van der Waals surface area contributed by atoms with Gasteiger partial charge in [-0.15, -0.1) is 0 Å².